The van der Waals surface area contributed by atoms with E-state index in [0.717, 1.165) is 0 Å². The fraction of sp³-hybridized carbons (Fsp3) is 0.647. The molecule has 0 radical (unpaired) electrons. The number of hydrogen-bond acceptors (Lipinski definition) is 7. The summed E-state index contributed by atoms with van der Waals surface area (Å²) in [6.45, 7) is 0.451. The molecule has 0 aliphatic heterocycles. The molecule has 158 valence electrons. The third kappa shape index (κ3) is 8.72. The van der Waals surface area contributed by atoms with Crippen molar-refractivity contribution in [3.05, 3.63) is 18.2 Å². The van der Waals surface area contributed by atoms with E-state index < -0.39 is 35.9 Å². The minimum atomic E-state index is -1.13. The van der Waals surface area contributed by atoms with Crippen molar-refractivity contribution in [2.75, 3.05) is 18.6 Å². The van der Waals surface area contributed by atoms with Crippen LogP contribution in [0, 0.1) is 0 Å². The quantitative estimate of drug-likeness (QED) is 0.215. The number of hydrogen-bond donors (Lipinski definition) is 6. The lowest BCUT2D eigenvalue weighted by Crippen LogP contribution is -2.55. The van der Waals surface area contributed by atoms with Crippen LogP contribution in [0.1, 0.15) is 31.4 Å². The Morgan fingerprint density at radius 3 is 2.50 bits per heavy atom. The number of aromatic amines is 1. The third-order valence-corrected chi connectivity index (χ3v) is 4.79. The molecule has 1 aromatic heterocycles. The molecular weight excluding hydrogens is 384 g/mol. The van der Waals surface area contributed by atoms with Gasteiger partial charge in [0.25, 0.3) is 0 Å². The van der Waals surface area contributed by atoms with Crippen molar-refractivity contribution < 1.29 is 19.5 Å². The summed E-state index contributed by atoms with van der Waals surface area (Å²) in [7, 11) is 0. The van der Waals surface area contributed by atoms with E-state index >= 15 is 0 Å². The number of aliphatic carboxylic acids is 1. The van der Waals surface area contributed by atoms with Crippen molar-refractivity contribution >= 4 is 29.5 Å². The Hall–Kier alpha value is -2.11. The highest BCUT2D eigenvalue weighted by Gasteiger charge is 2.28. The molecule has 11 heteroatoms. The van der Waals surface area contributed by atoms with E-state index in [9.17, 15) is 19.5 Å². The lowest BCUT2D eigenvalue weighted by atomic mass is 10.1. The standard InChI is InChI=1S/C17H30N6O4S/c1-28-7-5-12(19)15(24)23-14(8-11-9-20-10-21-11)16(25)22-13(17(26)27)4-2-3-6-18/h9-10,12-14H,2-8,18-19H2,1H3,(H,20,21)(H,22,25)(H,23,24)(H,26,27). The second kappa shape index (κ2) is 13.1. The van der Waals surface area contributed by atoms with Gasteiger partial charge in [-0.15, -0.1) is 0 Å². The molecule has 10 nitrogen and oxygen atoms in total. The number of nitrogens with one attached hydrogen (secondary N) is 3. The van der Waals surface area contributed by atoms with Crippen LogP contribution in [0.5, 0.6) is 0 Å². The molecule has 3 unspecified atom stereocenters. The summed E-state index contributed by atoms with van der Waals surface area (Å²) in [5.74, 6) is -1.45. The largest absolute Gasteiger partial charge is 0.480 e. The SMILES string of the molecule is CSCCC(N)C(=O)NC(Cc1cnc[nH]1)C(=O)NC(CCCCN)C(=O)O. The van der Waals surface area contributed by atoms with Gasteiger partial charge in [0.05, 0.1) is 12.4 Å². The zero-order valence-electron chi connectivity index (χ0n) is 16.0. The maximum atomic E-state index is 12.7. The van der Waals surface area contributed by atoms with Crippen molar-refractivity contribution in [2.45, 2.75) is 50.2 Å². The summed E-state index contributed by atoms with van der Waals surface area (Å²) in [4.78, 5) is 43.2. The average molecular weight is 415 g/mol. The van der Waals surface area contributed by atoms with Crippen LogP contribution >= 0.6 is 11.8 Å². The molecule has 0 aliphatic rings. The Morgan fingerprint density at radius 1 is 1.21 bits per heavy atom. The molecule has 0 aliphatic carbocycles. The zero-order valence-corrected chi connectivity index (χ0v) is 16.8. The molecule has 0 fully saturated rings. The summed E-state index contributed by atoms with van der Waals surface area (Å²) in [5.41, 5.74) is 11.9. The van der Waals surface area contributed by atoms with Gasteiger partial charge in [-0.25, -0.2) is 9.78 Å². The van der Waals surface area contributed by atoms with Crippen LogP contribution in [-0.4, -0.2) is 69.5 Å². The van der Waals surface area contributed by atoms with Crippen molar-refractivity contribution in [1.29, 1.82) is 0 Å². The number of nitrogens with zero attached hydrogens (tertiary/aromatic N) is 1. The molecular formula is C17H30N6O4S. The van der Waals surface area contributed by atoms with Gasteiger partial charge >= 0.3 is 5.97 Å². The average Bonchev–Trinajstić information content (AvgIpc) is 3.17. The summed E-state index contributed by atoms with van der Waals surface area (Å²) >= 11 is 1.57. The molecule has 1 heterocycles. The van der Waals surface area contributed by atoms with E-state index in [1.807, 2.05) is 6.26 Å². The van der Waals surface area contributed by atoms with Crippen LogP contribution in [0.25, 0.3) is 0 Å². The summed E-state index contributed by atoms with van der Waals surface area (Å²) in [5, 5.41) is 14.5. The van der Waals surface area contributed by atoms with Gasteiger partial charge in [-0.3, -0.25) is 9.59 Å². The molecule has 8 N–H and O–H groups in total. The van der Waals surface area contributed by atoms with E-state index in [1.165, 1.54) is 12.5 Å². The van der Waals surface area contributed by atoms with Crippen LogP contribution in [-0.2, 0) is 20.8 Å². The van der Waals surface area contributed by atoms with Gasteiger partial charge in [0.15, 0.2) is 0 Å². The molecule has 3 atom stereocenters. The number of H-pyrrole nitrogens is 1. The minimum absolute atomic E-state index is 0.141. The van der Waals surface area contributed by atoms with E-state index in [1.54, 1.807) is 11.8 Å². The van der Waals surface area contributed by atoms with Crippen LogP contribution in [0.4, 0.5) is 0 Å². The number of thioether (sulfide) groups is 1. The summed E-state index contributed by atoms with van der Waals surface area (Å²) in [6, 6.07) is -2.76. The van der Waals surface area contributed by atoms with E-state index in [2.05, 4.69) is 20.6 Å². The first-order valence-corrected chi connectivity index (χ1v) is 10.5. The fourth-order valence-electron chi connectivity index (χ4n) is 2.50. The number of unbranched alkanes of at least 4 members (excludes halogenated alkanes) is 1. The van der Waals surface area contributed by atoms with Crippen molar-refractivity contribution in [2.24, 2.45) is 11.5 Å². The molecule has 0 spiro atoms. The molecule has 0 saturated heterocycles. The minimum Gasteiger partial charge on any atom is -0.480 e. The Balaban J connectivity index is 2.79. The molecule has 0 saturated carbocycles. The van der Waals surface area contributed by atoms with Gasteiger partial charge in [-0.1, -0.05) is 0 Å². The first kappa shape index (κ1) is 23.9. The second-order valence-electron chi connectivity index (χ2n) is 6.41. The monoisotopic (exact) mass is 414 g/mol. The number of carboxylic acid groups (broad SMARTS) is 1. The molecule has 0 aromatic carbocycles. The maximum absolute atomic E-state index is 12.7. The summed E-state index contributed by atoms with van der Waals surface area (Å²) < 4.78 is 0. The first-order valence-electron chi connectivity index (χ1n) is 9.14. The number of carbonyl (C=O) groups is 3. The number of aromatic nitrogens is 2. The van der Waals surface area contributed by atoms with E-state index in [-0.39, 0.29) is 12.8 Å². The highest BCUT2D eigenvalue weighted by molar-refractivity contribution is 7.98. The smallest absolute Gasteiger partial charge is 0.326 e. The van der Waals surface area contributed by atoms with Gasteiger partial charge in [-0.05, 0) is 44.2 Å². The van der Waals surface area contributed by atoms with Crippen LogP contribution in [0.3, 0.4) is 0 Å². The number of carboxylic acids is 1. The Labute approximate surface area is 168 Å². The van der Waals surface area contributed by atoms with Crippen molar-refractivity contribution in [3.8, 4) is 0 Å². The number of rotatable bonds is 14. The number of carbonyl (C=O) groups excluding carboxylic acids is 2. The van der Waals surface area contributed by atoms with Gasteiger partial charge < -0.3 is 32.2 Å². The number of nitrogens with two attached hydrogens (primary N) is 2. The van der Waals surface area contributed by atoms with Gasteiger partial charge in [0.1, 0.15) is 12.1 Å². The molecule has 2 amide bonds. The van der Waals surface area contributed by atoms with Crippen molar-refractivity contribution in [1.82, 2.24) is 20.6 Å². The predicted molar refractivity (Wildman–Crippen MR) is 108 cm³/mol. The topological polar surface area (TPSA) is 176 Å². The first-order chi connectivity index (χ1) is 13.4. The molecule has 1 aromatic rings. The van der Waals surface area contributed by atoms with Gasteiger partial charge in [0, 0.05) is 18.3 Å². The second-order valence-corrected chi connectivity index (χ2v) is 7.40. The maximum Gasteiger partial charge on any atom is 0.326 e. The van der Waals surface area contributed by atoms with Crippen LogP contribution in [0.15, 0.2) is 12.5 Å². The van der Waals surface area contributed by atoms with Gasteiger partial charge in [0.2, 0.25) is 11.8 Å². The Bertz CT molecular complexity index is 613. The molecule has 0 bridgehead atoms. The van der Waals surface area contributed by atoms with Crippen LogP contribution < -0.4 is 22.1 Å². The number of imidazole rings is 1. The fourth-order valence-corrected chi connectivity index (χ4v) is 2.99. The Kier molecular flexibility index (Phi) is 11.2. The van der Waals surface area contributed by atoms with Crippen molar-refractivity contribution in [3.63, 3.8) is 0 Å². The number of amides is 2. The lowest BCUT2D eigenvalue weighted by molar-refractivity contribution is -0.142. The third-order valence-electron chi connectivity index (χ3n) is 4.14. The van der Waals surface area contributed by atoms with E-state index in [4.69, 9.17) is 11.5 Å². The summed E-state index contributed by atoms with van der Waals surface area (Å²) in [6.07, 6.45) is 7.03. The van der Waals surface area contributed by atoms with Gasteiger partial charge in [-0.2, -0.15) is 11.8 Å². The predicted octanol–water partition coefficient (Wildman–Crippen LogP) is -0.784. The van der Waals surface area contributed by atoms with Crippen LogP contribution in [0.2, 0.25) is 0 Å². The lowest BCUT2D eigenvalue weighted by Gasteiger charge is -2.22. The molecule has 28 heavy (non-hydrogen) atoms. The normalized spacial score (nSPS) is 14.1. The molecule has 1 rings (SSSR count). The van der Waals surface area contributed by atoms with E-state index in [0.29, 0.717) is 37.3 Å². The zero-order chi connectivity index (χ0) is 20.9. The highest BCUT2D eigenvalue weighted by atomic mass is 32.2. The highest BCUT2D eigenvalue weighted by Crippen LogP contribution is 2.05. The Morgan fingerprint density at radius 2 is 1.93 bits per heavy atom.